The lowest BCUT2D eigenvalue weighted by atomic mass is 9.65. The van der Waals surface area contributed by atoms with Crippen LogP contribution in [0, 0.1) is 5.92 Å². The third-order valence-corrected chi connectivity index (χ3v) is 5.24. The molecular formula is C19H31N. The zero-order chi connectivity index (χ0) is 15.0. The Hall–Kier alpha value is -0.820. The van der Waals surface area contributed by atoms with E-state index >= 15 is 0 Å². The first-order valence-corrected chi connectivity index (χ1v) is 8.09. The first kappa shape index (κ1) is 15.6. The summed E-state index contributed by atoms with van der Waals surface area (Å²) in [7, 11) is 0. The lowest BCUT2D eigenvalue weighted by molar-refractivity contribution is 0.203. The number of rotatable bonds is 2. The molecule has 1 fully saturated rings. The standard InChI is InChI=1S/C19H31N/c1-18(2,3)14-10-12-15(13-11-14)19(4,5)16-8-6-7-9-17(16)20/h10-13,16-17H,6-9,20H2,1-5H3/t16-,17-/m0/s1. The molecule has 2 N–H and O–H groups in total. The van der Waals surface area contributed by atoms with E-state index in [1.165, 1.54) is 36.8 Å². The smallest absolute Gasteiger partial charge is 0.00754 e. The van der Waals surface area contributed by atoms with Gasteiger partial charge in [-0.1, -0.05) is 71.7 Å². The monoisotopic (exact) mass is 273 g/mol. The Morgan fingerprint density at radius 2 is 1.35 bits per heavy atom. The Morgan fingerprint density at radius 1 is 0.850 bits per heavy atom. The maximum Gasteiger partial charge on any atom is 0.00754 e. The minimum absolute atomic E-state index is 0.177. The third kappa shape index (κ3) is 3.09. The summed E-state index contributed by atoms with van der Waals surface area (Å²) in [5.74, 6) is 0.608. The zero-order valence-corrected chi connectivity index (χ0v) is 13.9. The number of nitrogens with two attached hydrogens (primary N) is 1. The van der Waals surface area contributed by atoms with Crippen molar-refractivity contribution in [3.63, 3.8) is 0 Å². The number of hydrogen-bond donors (Lipinski definition) is 1. The molecule has 1 nitrogen and oxygen atoms in total. The summed E-state index contributed by atoms with van der Waals surface area (Å²) in [6, 6.07) is 9.60. The number of benzene rings is 1. The molecule has 20 heavy (non-hydrogen) atoms. The van der Waals surface area contributed by atoms with Crippen LogP contribution in [0.2, 0.25) is 0 Å². The van der Waals surface area contributed by atoms with E-state index in [-0.39, 0.29) is 10.8 Å². The Balaban J connectivity index is 2.25. The predicted molar refractivity (Wildman–Crippen MR) is 88.1 cm³/mol. The topological polar surface area (TPSA) is 26.0 Å². The second kappa shape index (κ2) is 5.52. The molecule has 0 radical (unpaired) electrons. The van der Waals surface area contributed by atoms with Crippen LogP contribution >= 0.6 is 0 Å². The second-order valence-corrected chi connectivity index (χ2v) is 8.10. The molecule has 1 aliphatic carbocycles. The van der Waals surface area contributed by atoms with Crippen LogP contribution < -0.4 is 5.73 Å². The van der Waals surface area contributed by atoms with E-state index in [0.29, 0.717) is 12.0 Å². The predicted octanol–water partition coefficient (Wildman–Crippen LogP) is 4.78. The van der Waals surface area contributed by atoms with Crippen molar-refractivity contribution in [1.82, 2.24) is 0 Å². The summed E-state index contributed by atoms with van der Waals surface area (Å²) in [6.45, 7) is 11.5. The lowest BCUT2D eigenvalue weighted by Gasteiger charge is -2.41. The van der Waals surface area contributed by atoms with Crippen LogP contribution in [0.25, 0.3) is 0 Å². The first-order chi connectivity index (χ1) is 9.23. The minimum atomic E-state index is 0.177. The van der Waals surface area contributed by atoms with Crippen molar-refractivity contribution in [2.24, 2.45) is 11.7 Å². The van der Waals surface area contributed by atoms with Gasteiger partial charge in [0, 0.05) is 6.04 Å². The second-order valence-electron chi connectivity index (χ2n) is 8.10. The largest absolute Gasteiger partial charge is 0.327 e. The molecule has 0 unspecified atom stereocenters. The highest BCUT2D eigenvalue weighted by atomic mass is 14.7. The summed E-state index contributed by atoms with van der Waals surface area (Å²) in [4.78, 5) is 0. The maximum atomic E-state index is 6.40. The Labute approximate surface area is 125 Å². The van der Waals surface area contributed by atoms with Gasteiger partial charge in [-0.15, -0.1) is 0 Å². The van der Waals surface area contributed by atoms with Crippen molar-refractivity contribution in [3.05, 3.63) is 35.4 Å². The molecule has 0 saturated heterocycles. The minimum Gasteiger partial charge on any atom is -0.327 e. The molecule has 0 spiro atoms. The van der Waals surface area contributed by atoms with Gasteiger partial charge < -0.3 is 5.73 Å². The van der Waals surface area contributed by atoms with Crippen molar-refractivity contribution in [2.45, 2.75) is 77.2 Å². The van der Waals surface area contributed by atoms with Crippen molar-refractivity contribution in [3.8, 4) is 0 Å². The molecule has 112 valence electrons. The average molecular weight is 273 g/mol. The van der Waals surface area contributed by atoms with Crippen LogP contribution in [-0.2, 0) is 10.8 Å². The van der Waals surface area contributed by atoms with Gasteiger partial charge in [-0.05, 0) is 40.7 Å². The molecule has 1 heteroatoms. The van der Waals surface area contributed by atoms with Crippen LogP contribution in [0.1, 0.15) is 71.4 Å². The molecule has 1 saturated carbocycles. The summed E-state index contributed by atoms with van der Waals surface area (Å²) in [5, 5.41) is 0. The Morgan fingerprint density at radius 3 is 1.85 bits per heavy atom. The molecule has 1 aromatic rings. The molecule has 0 aromatic heterocycles. The highest BCUT2D eigenvalue weighted by Crippen LogP contribution is 2.40. The van der Waals surface area contributed by atoms with Crippen molar-refractivity contribution < 1.29 is 0 Å². The van der Waals surface area contributed by atoms with Gasteiger partial charge in [0.1, 0.15) is 0 Å². The molecule has 2 atom stereocenters. The van der Waals surface area contributed by atoms with E-state index < -0.39 is 0 Å². The van der Waals surface area contributed by atoms with Gasteiger partial charge in [-0.2, -0.15) is 0 Å². The van der Waals surface area contributed by atoms with Crippen molar-refractivity contribution in [1.29, 1.82) is 0 Å². The van der Waals surface area contributed by atoms with Gasteiger partial charge in [0.15, 0.2) is 0 Å². The lowest BCUT2D eigenvalue weighted by Crippen LogP contribution is -2.44. The Kier molecular flexibility index (Phi) is 4.30. The van der Waals surface area contributed by atoms with Crippen LogP contribution in [-0.4, -0.2) is 6.04 Å². The van der Waals surface area contributed by atoms with E-state index in [1.807, 2.05) is 0 Å². The average Bonchev–Trinajstić information content (AvgIpc) is 2.38. The normalized spacial score (nSPS) is 24.7. The fraction of sp³-hybridized carbons (Fsp3) is 0.684. The van der Waals surface area contributed by atoms with E-state index in [1.54, 1.807) is 0 Å². The van der Waals surface area contributed by atoms with Gasteiger partial charge in [0.2, 0.25) is 0 Å². The SMILES string of the molecule is CC(C)(C)c1ccc(C(C)(C)[C@H]2CCCC[C@@H]2N)cc1. The number of hydrogen-bond acceptors (Lipinski definition) is 1. The van der Waals surface area contributed by atoms with Gasteiger partial charge in [-0.25, -0.2) is 0 Å². The van der Waals surface area contributed by atoms with E-state index in [0.717, 1.165) is 0 Å². The molecule has 1 aliphatic rings. The van der Waals surface area contributed by atoms with E-state index in [4.69, 9.17) is 5.73 Å². The fourth-order valence-corrected chi connectivity index (χ4v) is 3.67. The van der Waals surface area contributed by atoms with E-state index in [9.17, 15) is 0 Å². The summed E-state index contributed by atoms with van der Waals surface area (Å²) >= 11 is 0. The molecular weight excluding hydrogens is 242 g/mol. The van der Waals surface area contributed by atoms with Gasteiger partial charge in [0.05, 0.1) is 0 Å². The van der Waals surface area contributed by atoms with Crippen molar-refractivity contribution >= 4 is 0 Å². The first-order valence-electron chi connectivity index (χ1n) is 8.09. The van der Waals surface area contributed by atoms with E-state index in [2.05, 4.69) is 58.9 Å². The van der Waals surface area contributed by atoms with Gasteiger partial charge in [0.25, 0.3) is 0 Å². The molecule has 2 rings (SSSR count). The molecule has 0 amide bonds. The molecule has 0 aliphatic heterocycles. The van der Waals surface area contributed by atoms with Crippen LogP contribution in [0.5, 0.6) is 0 Å². The molecule has 0 bridgehead atoms. The molecule has 1 aromatic carbocycles. The van der Waals surface area contributed by atoms with Gasteiger partial charge >= 0.3 is 0 Å². The van der Waals surface area contributed by atoms with Crippen molar-refractivity contribution in [2.75, 3.05) is 0 Å². The van der Waals surface area contributed by atoms with Crippen LogP contribution in [0.4, 0.5) is 0 Å². The Bertz CT molecular complexity index is 436. The van der Waals surface area contributed by atoms with Gasteiger partial charge in [-0.3, -0.25) is 0 Å². The summed E-state index contributed by atoms with van der Waals surface area (Å²) < 4.78 is 0. The molecule has 0 heterocycles. The summed E-state index contributed by atoms with van der Waals surface area (Å²) in [6.07, 6.45) is 5.10. The highest BCUT2D eigenvalue weighted by Gasteiger charge is 2.36. The zero-order valence-electron chi connectivity index (χ0n) is 13.9. The van der Waals surface area contributed by atoms with Crippen LogP contribution in [0.15, 0.2) is 24.3 Å². The van der Waals surface area contributed by atoms with Crippen LogP contribution in [0.3, 0.4) is 0 Å². The maximum absolute atomic E-state index is 6.40. The fourth-order valence-electron chi connectivity index (χ4n) is 3.67. The quantitative estimate of drug-likeness (QED) is 0.824. The summed E-state index contributed by atoms with van der Waals surface area (Å²) in [5.41, 5.74) is 9.65. The highest BCUT2D eigenvalue weighted by molar-refractivity contribution is 5.32. The third-order valence-electron chi connectivity index (χ3n) is 5.24.